The van der Waals surface area contributed by atoms with Gasteiger partial charge in [0.05, 0.1) is 13.2 Å². The van der Waals surface area contributed by atoms with Gasteiger partial charge in [-0.3, -0.25) is 24.8 Å². The molecule has 0 saturated carbocycles. The molecule has 0 unspecified atom stereocenters. The van der Waals surface area contributed by atoms with Crippen LogP contribution < -0.4 is 10.6 Å². The van der Waals surface area contributed by atoms with Crippen molar-refractivity contribution in [3.63, 3.8) is 0 Å². The summed E-state index contributed by atoms with van der Waals surface area (Å²) in [6.45, 7) is 3.64. The second-order valence-corrected chi connectivity index (χ2v) is 9.48. The van der Waals surface area contributed by atoms with Crippen molar-refractivity contribution in [2.24, 2.45) is 5.92 Å². The van der Waals surface area contributed by atoms with Gasteiger partial charge in [0.1, 0.15) is 11.6 Å². The average molecular weight is 478 g/mol. The summed E-state index contributed by atoms with van der Waals surface area (Å²) in [6.07, 6.45) is 5.17. The average Bonchev–Trinajstić information content (AvgIpc) is 3.19. The third-order valence-corrected chi connectivity index (χ3v) is 7.44. The molecule has 3 aliphatic rings. The van der Waals surface area contributed by atoms with Crippen LogP contribution in [0.3, 0.4) is 0 Å². The van der Waals surface area contributed by atoms with Crippen LogP contribution in [0.4, 0.5) is 4.79 Å². The SMILES string of the molecule is O=C1NC(=O)[C@@](Cc2ccccc2)(C2CCN(C(=O)[C@H](c3cccnc3)N3CCOCC3)CC2)N1. The van der Waals surface area contributed by atoms with Gasteiger partial charge >= 0.3 is 6.03 Å². The van der Waals surface area contributed by atoms with Gasteiger partial charge in [0.2, 0.25) is 5.91 Å². The number of likely N-dealkylation sites (tertiary alicyclic amines) is 1. The summed E-state index contributed by atoms with van der Waals surface area (Å²) in [5.74, 6) is -0.300. The molecule has 0 bridgehead atoms. The van der Waals surface area contributed by atoms with Gasteiger partial charge in [-0.1, -0.05) is 36.4 Å². The Morgan fingerprint density at radius 3 is 2.43 bits per heavy atom. The van der Waals surface area contributed by atoms with Crippen molar-refractivity contribution in [2.75, 3.05) is 39.4 Å². The standard InChI is InChI=1S/C26H31N5O4/c32-23(22(20-7-4-10-27-18-20)30-13-15-35-16-14-30)31-11-8-21(9-12-31)26(24(33)28-25(34)29-26)17-19-5-2-1-3-6-19/h1-7,10,18,21-22H,8-9,11-17H2,(H2,28,29,33,34)/t22-,26+/m0/s1. The topological polar surface area (TPSA) is 104 Å². The van der Waals surface area contributed by atoms with Crippen LogP contribution in [-0.2, 0) is 20.7 Å². The van der Waals surface area contributed by atoms with Gasteiger partial charge in [-0.05, 0) is 36.0 Å². The Bertz CT molecular complexity index is 1050. The molecule has 5 rings (SSSR count). The first kappa shape index (κ1) is 23.4. The predicted octanol–water partition coefficient (Wildman–Crippen LogP) is 1.51. The number of ether oxygens (including phenoxy) is 1. The zero-order valence-corrected chi connectivity index (χ0v) is 19.7. The molecule has 9 heteroatoms. The van der Waals surface area contributed by atoms with Gasteiger partial charge in [-0.2, -0.15) is 0 Å². The Kier molecular flexibility index (Phi) is 6.79. The highest BCUT2D eigenvalue weighted by molar-refractivity contribution is 6.07. The first-order valence-electron chi connectivity index (χ1n) is 12.2. The Morgan fingerprint density at radius 2 is 1.80 bits per heavy atom. The van der Waals surface area contributed by atoms with E-state index in [1.54, 1.807) is 12.4 Å². The van der Waals surface area contributed by atoms with Crippen molar-refractivity contribution in [3.8, 4) is 0 Å². The van der Waals surface area contributed by atoms with Crippen LogP contribution in [0.2, 0.25) is 0 Å². The fourth-order valence-corrected chi connectivity index (χ4v) is 5.63. The fraction of sp³-hybridized carbons (Fsp3) is 0.462. The minimum absolute atomic E-state index is 0.0513. The minimum atomic E-state index is -0.999. The molecule has 3 saturated heterocycles. The van der Waals surface area contributed by atoms with E-state index < -0.39 is 17.6 Å². The lowest BCUT2D eigenvalue weighted by molar-refractivity contribution is -0.141. The largest absolute Gasteiger partial charge is 0.379 e. The number of piperidine rings is 1. The minimum Gasteiger partial charge on any atom is -0.379 e. The molecule has 9 nitrogen and oxygen atoms in total. The maximum Gasteiger partial charge on any atom is 0.322 e. The third kappa shape index (κ3) is 4.78. The monoisotopic (exact) mass is 477 g/mol. The summed E-state index contributed by atoms with van der Waals surface area (Å²) in [6, 6.07) is 12.7. The molecule has 3 aliphatic heterocycles. The van der Waals surface area contributed by atoms with E-state index in [9.17, 15) is 14.4 Å². The van der Waals surface area contributed by atoms with Gasteiger partial charge < -0.3 is 15.0 Å². The van der Waals surface area contributed by atoms with Crippen molar-refractivity contribution < 1.29 is 19.1 Å². The number of amides is 4. The van der Waals surface area contributed by atoms with E-state index in [2.05, 4.69) is 20.5 Å². The highest BCUT2D eigenvalue weighted by atomic mass is 16.5. The summed E-state index contributed by atoms with van der Waals surface area (Å²) < 4.78 is 5.51. The van der Waals surface area contributed by atoms with Crippen LogP contribution in [-0.4, -0.2) is 77.6 Å². The van der Waals surface area contributed by atoms with Crippen molar-refractivity contribution in [3.05, 3.63) is 66.0 Å². The number of carbonyl (C=O) groups is 3. The zero-order chi connectivity index (χ0) is 24.3. The Labute approximate surface area is 204 Å². The number of benzene rings is 1. The number of hydrogen-bond donors (Lipinski definition) is 2. The summed E-state index contributed by atoms with van der Waals surface area (Å²) in [5.41, 5.74) is 0.873. The van der Waals surface area contributed by atoms with Crippen molar-refractivity contribution >= 4 is 17.8 Å². The Hall–Kier alpha value is -3.30. The van der Waals surface area contributed by atoms with Crippen LogP contribution in [0.15, 0.2) is 54.9 Å². The summed E-state index contributed by atoms with van der Waals surface area (Å²) in [5, 5.41) is 5.39. The van der Waals surface area contributed by atoms with E-state index in [0.29, 0.717) is 58.7 Å². The number of hydrogen-bond acceptors (Lipinski definition) is 6. The highest BCUT2D eigenvalue weighted by Crippen LogP contribution is 2.35. The number of aromatic nitrogens is 1. The lowest BCUT2D eigenvalue weighted by Crippen LogP contribution is -2.58. The summed E-state index contributed by atoms with van der Waals surface area (Å²) in [7, 11) is 0. The predicted molar refractivity (Wildman–Crippen MR) is 128 cm³/mol. The van der Waals surface area contributed by atoms with Crippen LogP contribution >= 0.6 is 0 Å². The molecule has 1 aromatic heterocycles. The second-order valence-electron chi connectivity index (χ2n) is 9.48. The molecule has 1 aromatic carbocycles. The van der Waals surface area contributed by atoms with E-state index in [0.717, 1.165) is 11.1 Å². The molecular weight excluding hydrogens is 446 g/mol. The third-order valence-electron chi connectivity index (χ3n) is 7.44. The molecular formula is C26H31N5O4. The maximum absolute atomic E-state index is 13.8. The number of imide groups is 1. The molecule has 2 atom stereocenters. The van der Waals surface area contributed by atoms with Crippen molar-refractivity contribution in [1.82, 2.24) is 25.4 Å². The lowest BCUT2D eigenvalue weighted by atomic mass is 9.74. The number of nitrogens with zero attached hydrogens (tertiary/aromatic N) is 3. The molecule has 184 valence electrons. The highest BCUT2D eigenvalue weighted by Gasteiger charge is 2.52. The second kappa shape index (κ2) is 10.1. The molecule has 0 spiro atoms. The quantitative estimate of drug-likeness (QED) is 0.612. The maximum atomic E-state index is 13.8. The number of pyridine rings is 1. The van der Waals surface area contributed by atoms with Gasteiger partial charge in [-0.25, -0.2) is 4.79 Å². The van der Waals surface area contributed by atoms with E-state index in [4.69, 9.17) is 4.74 Å². The number of rotatable bonds is 6. The first-order valence-corrected chi connectivity index (χ1v) is 12.2. The molecule has 0 aliphatic carbocycles. The normalized spacial score (nSPS) is 24.6. The van der Waals surface area contributed by atoms with Crippen molar-refractivity contribution in [1.29, 1.82) is 0 Å². The van der Waals surface area contributed by atoms with Crippen LogP contribution in [0, 0.1) is 5.92 Å². The van der Waals surface area contributed by atoms with Crippen LogP contribution in [0.1, 0.15) is 30.0 Å². The zero-order valence-electron chi connectivity index (χ0n) is 19.7. The number of urea groups is 1. The molecule has 3 fully saturated rings. The Morgan fingerprint density at radius 1 is 1.06 bits per heavy atom. The Balaban J connectivity index is 1.33. The fourth-order valence-electron chi connectivity index (χ4n) is 5.63. The van der Waals surface area contributed by atoms with E-state index in [-0.39, 0.29) is 17.7 Å². The van der Waals surface area contributed by atoms with Gasteiger partial charge in [0, 0.05) is 45.0 Å². The lowest BCUT2D eigenvalue weighted by Gasteiger charge is -2.43. The van der Waals surface area contributed by atoms with Gasteiger partial charge in [0.15, 0.2) is 0 Å². The van der Waals surface area contributed by atoms with E-state index in [1.807, 2.05) is 47.4 Å². The van der Waals surface area contributed by atoms with Crippen LogP contribution in [0.5, 0.6) is 0 Å². The number of carbonyl (C=O) groups excluding carboxylic acids is 3. The van der Waals surface area contributed by atoms with Gasteiger partial charge in [0.25, 0.3) is 5.91 Å². The van der Waals surface area contributed by atoms with Gasteiger partial charge in [-0.15, -0.1) is 0 Å². The molecule has 4 amide bonds. The summed E-state index contributed by atoms with van der Waals surface area (Å²) in [4.78, 5) is 47.3. The first-order chi connectivity index (χ1) is 17.1. The number of nitrogens with one attached hydrogen (secondary N) is 2. The summed E-state index contributed by atoms with van der Waals surface area (Å²) >= 11 is 0. The smallest absolute Gasteiger partial charge is 0.322 e. The molecule has 2 aromatic rings. The van der Waals surface area contributed by atoms with Crippen molar-refractivity contribution in [2.45, 2.75) is 30.8 Å². The van der Waals surface area contributed by atoms with E-state index in [1.165, 1.54) is 0 Å². The van der Waals surface area contributed by atoms with Crippen LogP contribution in [0.25, 0.3) is 0 Å². The molecule has 4 heterocycles. The molecule has 2 N–H and O–H groups in total. The van der Waals surface area contributed by atoms with E-state index >= 15 is 0 Å². The molecule has 35 heavy (non-hydrogen) atoms. The molecule has 0 radical (unpaired) electrons. The number of morpholine rings is 1.